The molecule has 1 amide bonds. The zero-order chi connectivity index (χ0) is 17.4. The molecule has 25 heavy (non-hydrogen) atoms. The van der Waals surface area contributed by atoms with Crippen molar-refractivity contribution in [1.29, 1.82) is 0 Å². The van der Waals surface area contributed by atoms with Gasteiger partial charge in [0.2, 0.25) is 0 Å². The van der Waals surface area contributed by atoms with Crippen LogP contribution in [0.3, 0.4) is 0 Å². The van der Waals surface area contributed by atoms with Crippen molar-refractivity contribution in [2.75, 3.05) is 20.1 Å². The Labute approximate surface area is 147 Å². The normalized spacial score (nSPS) is 26.4. The Morgan fingerprint density at radius 3 is 2.96 bits per heavy atom. The van der Waals surface area contributed by atoms with Crippen LogP contribution in [0.4, 0.5) is 0 Å². The number of rotatable bonds is 3. The molecular formula is C19H24N4O2. The first kappa shape index (κ1) is 16.3. The van der Waals surface area contributed by atoms with E-state index < -0.39 is 6.10 Å². The van der Waals surface area contributed by atoms with Crippen molar-refractivity contribution in [3.8, 4) is 0 Å². The summed E-state index contributed by atoms with van der Waals surface area (Å²) in [5.74, 6) is -0.159. The van der Waals surface area contributed by atoms with Gasteiger partial charge in [0.05, 0.1) is 12.1 Å². The third-order valence-electron chi connectivity index (χ3n) is 5.51. The van der Waals surface area contributed by atoms with Crippen LogP contribution in [0, 0.1) is 0 Å². The number of aliphatic hydroxyl groups excluding tert-OH is 1. The Kier molecular flexibility index (Phi) is 4.31. The van der Waals surface area contributed by atoms with Crippen LogP contribution < -0.4 is 5.32 Å². The molecule has 3 atom stereocenters. The lowest BCUT2D eigenvalue weighted by molar-refractivity contribution is 0.0345. The summed E-state index contributed by atoms with van der Waals surface area (Å²) in [5.41, 5.74) is 2.77. The van der Waals surface area contributed by atoms with Crippen molar-refractivity contribution < 1.29 is 9.90 Å². The number of benzene rings is 1. The van der Waals surface area contributed by atoms with Gasteiger partial charge < -0.3 is 10.4 Å². The van der Waals surface area contributed by atoms with Gasteiger partial charge in [-0.2, -0.15) is 5.10 Å². The molecule has 1 saturated heterocycles. The van der Waals surface area contributed by atoms with E-state index in [4.69, 9.17) is 0 Å². The molecule has 1 aliphatic heterocycles. The van der Waals surface area contributed by atoms with Crippen LogP contribution in [0.5, 0.6) is 0 Å². The topological polar surface area (TPSA) is 70.4 Å². The molecule has 132 valence electrons. The minimum absolute atomic E-state index is 0.133. The summed E-state index contributed by atoms with van der Waals surface area (Å²) in [4.78, 5) is 14.1. The minimum atomic E-state index is -0.422. The number of hydrogen-bond donors (Lipinski definition) is 2. The first-order valence-electron chi connectivity index (χ1n) is 8.94. The average Bonchev–Trinajstić information content (AvgIpc) is 3.27. The number of nitrogens with zero attached hydrogens (tertiary/aromatic N) is 3. The summed E-state index contributed by atoms with van der Waals surface area (Å²) in [6.07, 6.45) is 4.47. The lowest BCUT2D eigenvalue weighted by Crippen LogP contribution is -2.45. The third-order valence-corrected chi connectivity index (χ3v) is 5.51. The van der Waals surface area contributed by atoms with Gasteiger partial charge in [-0.05, 0) is 43.0 Å². The van der Waals surface area contributed by atoms with Gasteiger partial charge in [-0.25, -0.2) is 0 Å². The molecule has 2 aliphatic rings. The van der Waals surface area contributed by atoms with Gasteiger partial charge >= 0.3 is 0 Å². The third kappa shape index (κ3) is 2.96. The van der Waals surface area contributed by atoms with Crippen molar-refractivity contribution >= 4 is 5.91 Å². The summed E-state index contributed by atoms with van der Waals surface area (Å²) < 4.78 is 1.91. The van der Waals surface area contributed by atoms with E-state index in [9.17, 15) is 9.90 Å². The van der Waals surface area contributed by atoms with Gasteiger partial charge in [-0.3, -0.25) is 14.4 Å². The van der Waals surface area contributed by atoms with Gasteiger partial charge in [0.15, 0.2) is 0 Å². The molecule has 0 saturated carbocycles. The van der Waals surface area contributed by atoms with Crippen molar-refractivity contribution in [2.45, 2.75) is 37.5 Å². The number of piperidine rings is 1. The highest BCUT2D eigenvalue weighted by Crippen LogP contribution is 2.36. The van der Waals surface area contributed by atoms with Crippen molar-refractivity contribution in [3.05, 3.63) is 53.3 Å². The van der Waals surface area contributed by atoms with Crippen LogP contribution in [0.2, 0.25) is 0 Å². The number of hydrogen-bond acceptors (Lipinski definition) is 4. The molecule has 2 N–H and O–H groups in total. The Morgan fingerprint density at radius 2 is 2.16 bits per heavy atom. The Bertz CT molecular complexity index is 772. The molecule has 4 rings (SSSR count). The van der Waals surface area contributed by atoms with Gasteiger partial charge in [0.25, 0.3) is 5.91 Å². The number of likely N-dealkylation sites (tertiary alicyclic amines) is 1. The molecule has 1 aliphatic carbocycles. The van der Waals surface area contributed by atoms with E-state index in [1.54, 1.807) is 13.1 Å². The van der Waals surface area contributed by atoms with E-state index in [1.165, 1.54) is 5.56 Å². The number of carbonyl (C=O) groups excluding carboxylic acids is 1. The second-order valence-corrected chi connectivity index (χ2v) is 6.97. The lowest BCUT2D eigenvalue weighted by atomic mass is 10.0. The largest absolute Gasteiger partial charge is 0.387 e. The van der Waals surface area contributed by atoms with Crippen LogP contribution in [0.25, 0.3) is 0 Å². The molecular weight excluding hydrogens is 316 g/mol. The van der Waals surface area contributed by atoms with Crippen molar-refractivity contribution in [2.24, 2.45) is 0 Å². The molecule has 1 aromatic heterocycles. The van der Waals surface area contributed by atoms with Crippen LogP contribution in [0.1, 0.15) is 46.6 Å². The maximum absolute atomic E-state index is 11.7. The summed E-state index contributed by atoms with van der Waals surface area (Å²) in [6, 6.07) is 10.3. The summed E-state index contributed by atoms with van der Waals surface area (Å²) in [5, 5.41) is 17.8. The highest BCUT2D eigenvalue weighted by molar-refractivity contribution is 5.91. The van der Waals surface area contributed by atoms with E-state index in [0.717, 1.165) is 37.9 Å². The van der Waals surface area contributed by atoms with E-state index in [1.807, 2.05) is 29.1 Å². The van der Waals surface area contributed by atoms with E-state index >= 15 is 0 Å². The summed E-state index contributed by atoms with van der Waals surface area (Å²) in [6.45, 7) is 1.85. The maximum atomic E-state index is 11.7. The molecule has 0 radical (unpaired) electrons. The molecule has 0 bridgehead atoms. The smallest absolute Gasteiger partial charge is 0.271 e. The van der Waals surface area contributed by atoms with E-state index in [2.05, 4.69) is 21.4 Å². The van der Waals surface area contributed by atoms with Gasteiger partial charge in [-0.1, -0.05) is 24.3 Å². The number of aliphatic hydroxyl groups is 1. The molecule has 1 aromatic carbocycles. The molecule has 6 nitrogen and oxygen atoms in total. The second kappa shape index (κ2) is 6.61. The van der Waals surface area contributed by atoms with Crippen molar-refractivity contribution in [3.63, 3.8) is 0 Å². The Hall–Kier alpha value is -2.18. The molecule has 2 aromatic rings. The predicted octanol–water partition coefficient (Wildman–Crippen LogP) is 1.54. The number of amides is 1. The molecule has 0 spiro atoms. The van der Waals surface area contributed by atoms with Gasteiger partial charge in [-0.15, -0.1) is 0 Å². The van der Waals surface area contributed by atoms with E-state index in [0.29, 0.717) is 5.69 Å². The standard InChI is InChI=1S/C19H24N4O2/c1-20-19(25)16-8-10-23(21-16)14-6-4-9-22(12-14)17-11-13-5-2-3-7-15(13)18(17)24/h2-3,5,7-8,10,14,17-18,24H,4,6,9,11-12H2,1H3,(H,20,25)/t14-,17-,18+/m1/s1. The average molecular weight is 340 g/mol. The summed E-state index contributed by atoms with van der Waals surface area (Å²) in [7, 11) is 1.61. The number of carbonyl (C=O) groups is 1. The molecule has 6 heteroatoms. The summed E-state index contributed by atoms with van der Waals surface area (Å²) >= 11 is 0. The number of aromatic nitrogens is 2. The quantitative estimate of drug-likeness (QED) is 0.889. The number of fused-ring (bicyclic) bond motifs is 1. The highest BCUT2D eigenvalue weighted by Gasteiger charge is 2.37. The highest BCUT2D eigenvalue weighted by atomic mass is 16.3. The van der Waals surface area contributed by atoms with Gasteiger partial charge in [0.1, 0.15) is 5.69 Å². The second-order valence-electron chi connectivity index (χ2n) is 6.97. The fourth-order valence-corrected chi connectivity index (χ4v) is 4.17. The predicted molar refractivity (Wildman–Crippen MR) is 94.4 cm³/mol. The first-order valence-corrected chi connectivity index (χ1v) is 8.94. The van der Waals surface area contributed by atoms with Crippen LogP contribution >= 0.6 is 0 Å². The SMILES string of the molecule is CNC(=O)c1ccn([C@@H]2CCCN([C@@H]3Cc4ccccc4[C@@H]3O)C2)n1. The monoisotopic (exact) mass is 340 g/mol. The zero-order valence-corrected chi connectivity index (χ0v) is 14.4. The fraction of sp³-hybridized carbons (Fsp3) is 0.474. The molecule has 0 unspecified atom stereocenters. The van der Waals surface area contributed by atoms with E-state index in [-0.39, 0.29) is 18.0 Å². The minimum Gasteiger partial charge on any atom is -0.387 e. The van der Waals surface area contributed by atoms with Crippen LogP contribution in [0.15, 0.2) is 36.5 Å². The Balaban J connectivity index is 1.49. The zero-order valence-electron chi connectivity index (χ0n) is 14.4. The first-order chi connectivity index (χ1) is 12.2. The van der Waals surface area contributed by atoms with Gasteiger partial charge in [0, 0.05) is 25.8 Å². The fourth-order valence-electron chi connectivity index (χ4n) is 4.17. The number of nitrogens with one attached hydrogen (secondary N) is 1. The molecule has 2 heterocycles. The maximum Gasteiger partial charge on any atom is 0.271 e. The molecule has 1 fully saturated rings. The van der Waals surface area contributed by atoms with Crippen LogP contribution in [-0.2, 0) is 6.42 Å². The lowest BCUT2D eigenvalue weighted by Gasteiger charge is -2.38. The Morgan fingerprint density at radius 1 is 1.32 bits per heavy atom. The van der Waals surface area contributed by atoms with Crippen molar-refractivity contribution in [1.82, 2.24) is 20.0 Å². The van der Waals surface area contributed by atoms with Crippen LogP contribution in [-0.4, -0.2) is 51.9 Å².